The first-order valence-corrected chi connectivity index (χ1v) is 14.0. The maximum absolute atomic E-state index is 13.4. The molecule has 4 aromatic rings. The molecule has 4 rings (SSSR count). The minimum absolute atomic E-state index is 0.122. The van der Waals surface area contributed by atoms with E-state index in [0.717, 1.165) is 26.9 Å². The average molecular weight is 524 g/mol. The third-order valence-corrected chi connectivity index (χ3v) is 8.32. The molecular weight excluding hydrogens is 494 g/mol. The number of sulfonamides is 1. The van der Waals surface area contributed by atoms with Crippen LogP contribution in [0, 0.1) is 20.8 Å². The van der Waals surface area contributed by atoms with Crippen LogP contribution in [0.15, 0.2) is 70.6 Å². The van der Waals surface area contributed by atoms with Gasteiger partial charge in [0.25, 0.3) is 15.9 Å². The van der Waals surface area contributed by atoms with Crippen molar-refractivity contribution in [1.29, 1.82) is 0 Å². The number of benzene rings is 3. The molecule has 0 radical (unpaired) electrons. The molecule has 0 bridgehead atoms. The van der Waals surface area contributed by atoms with E-state index < -0.39 is 15.9 Å². The summed E-state index contributed by atoms with van der Waals surface area (Å²) >= 11 is 1.44. The lowest BCUT2D eigenvalue weighted by Gasteiger charge is -2.11. The van der Waals surface area contributed by atoms with Crippen LogP contribution in [0.5, 0.6) is 0 Å². The fourth-order valence-corrected chi connectivity index (χ4v) is 6.13. The van der Waals surface area contributed by atoms with Gasteiger partial charge >= 0.3 is 0 Å². The van der Waals surface area contributed by atoms with E-state index in [0.29, 0.717) is 24.6 Å². The Morgan fingerprint density at radius 2 is 1.75 bits per heavy atom. The maximum atomic E-state index is 13.4. The number of amides is 1. The number of thiazole rings is 1. The second-order valence-electron chi connectivity index (χ2n) is 8.54. The summed E-state index contributed by atoms with van der Waals surface area (Å²) < 4.78 is 37.1. The van der Waals surface area contributed by atoms with E-state index in [-0.39, 0.29) is 16.1 Å². The van der Waals surface area contributed by atoms with E-state index >= 15 is 0 Å². The van der Waals surface area contributed by atoms with E-state index in [1.54, 1.807) is 36.4 Å². The number of nitrogens with one attached hydrogen (secondary N) is 1. The first-order valence-electron chi connectivity index (χ1n) is 11.7. The second kappa shape index (κ2) is 10.8. The zero-order valence-electron chi connectivity index (χ0n) is 20.7. The van der Waals surface area contributed by atoms with Crippen molar-refractivity contribution >= 4 is 43.2 Å². The van der Waals surface area contributed by atoms with Gasteiger partial charge in [0.2, 0.25) is 0 Å². The quantitative estimate of drug-likeness (QED) is 0.321. The van der Waals surface area contributed by atoms with E-state index in [4.69, 9.17) is 4.74 Å². The van der Waals surface area contributed by atoms with Crippen molar-refractivity contribution in [3.8, 4) is 0 Å². The maximum Gasteiger partial charge on any atom is 0.281 e. The Kier molecular flexibility index (Phi) is 7.73. The zero-order chi connectivity index (χ0) is 25.9. The molecule has 0 fully saturated rings. The Bertz CT molecular complexity index is 1580. The molecule has 188 valence electrons. The molecule has 1 amide bonds. The summed E-state index contributed by atoms with van der Waals surface area (Å²) in [5.41, 5.74) is 4.54. The van der Waals surface area contributed by atoms with Gasteiger partial charge in [0, 0.05) is 13.2 Å². The smallest absolute Gasteiger partial charge is 0.281 e. The Morgan fingerprint density at radius 3 is 2.47 bits per heavy atom. The molecule has 0 saturated carbocycles. The van der Waals surface area contributed by atoms with Gasteiger partial charge in [-0.15, -0.1) is 0 Å². The summed E-state index contributed by atoms with van der Waals surface area (Å²) in [5.74, 6) is -0.525. The van der Waals surface area contributed by atoms with Crippen LogP contribution in [0.25, 0.3) is 10.2 Å². The van der Waals surface area contributed by atoms with Crippen LogP contribution in [0.1, 0.15) is 34.0 Å². The SMILES string of the molecule is CCOCCn1c(=NC(=O)c2ccccc2NS(=O)(=O)c2ccc(C)cc2)sc2c(C)cc(C)cc21. The number of aryl methyl sites for hydroxylation is 3. The van der Waals surface area contributed by atoms with Crippen LogP contribution in [-0.4, -0.2) is 32.1 Å². The minimum atomic E-state index is -3.88. The van der Waals surface area contributed by atoms with Crippen molar-refractivity contribution in [1.82, 2.24) is 4.57 Å². The largest absolute Gasteiger partial charge is 0.380 e. The molecule has 0 aliphatic carbocycles. The predicted molar refractivity (Wildman–Crippen MR) is 144 cm³/mol. The van der Waals surface area contributed by atoms with Gasteiger partial charge in [0.1, 0.15) is 0 Å². The first-order chi connectivity index (χ1) is 17.2. The van der Waals surface area contributed by atoms with E-state index in [1.807, 2.05) is 32.3 Å². The summed E-state index contributed by atoms with van der Waals surface area (Å²) in [6, 6.07) is 17.2. The molecule has 0 aliphatic heterocycles. The molecule has 0 spiro atoms. The van der Waals surface area contributed by atoms with Crippen molar-refractivity contribution < 1.29 is 17.9 Å². The summed E-state index contributed by atoms with van der Waals surface area (Å²) in [4.78, 5) is 18.5. The number of hydrogen-bond donors (Lipinski definition) is 1. The molecule has 9 heteroatoms. The molecule has 0 unspecified atom stereocenters. The zero-order valence-corrected chi connectivity index (χ0v) is 22.4. The van der Waals surface area contributed by atoms with Gasteiger partial charge in [-0.2, -0.15) is 4.99 Å². The third kappa shape index (κ3) is 5.59. The summed E-state index contributed by atoms with van der Waals surface area (Å²) in [7, 11) is -3.88. The number of ether oxygens (including phenoxy) is 1. The standard InChI is InChI=1S/C27H29N3O4S2/c1-5-34-15-14-30-24-17-19(3)16-20(4)25(24)35-27(30)28-26(31)22-8-6-7-9-23(22)29-36(32,33)21-12-10-18(2)11-13-21/h6-13,16-17,29H,5,14-15H2,1-4H3. The lowest BCUT2D eigenvalue weighted by Crippen LogP contribution is -2.20. The van der Waals surface area contributed by atoms with Gasteiger partial charge in [-0.25, -0.2) is 8.42 Å². The van der Waals surface area contributed by atoms with Crippen molar-refractivity contribution in [2.75, 3.05) is 17.9 Å². The molecule has 36 heavy (non-hydrogen) atoms. The number of anilines is 1. The van der Waals surface area contributed by atoms with Gasteiger partial charge < -0.3 is 9.30 Å². The predicted octanol–water partition coefficient (Wildman–Crippen LogP) is 5.21. The lowest BCUT2D eigenvalue weighted by molar-refractivity contribution is 0.0997. The topological polar surface area (TPSA) is 89.8 Å². The summed E-state index contributed by atoms with van der Waals surface area (Å²) in [6.07, 6.45) is 0. The van der Waals surface area contributed by atoms with Gasteiger partial charge in [-0.1, -0.05) is 47.2 Å². The number of aromatic nitrogens is 1. The molecule has 1 aromatic heterocycles. The normalized spacial score (nSPS) is 12.3. The second-order valence-corrected chi connectivity index (χ2v) is 11.2. The third-order valence-electron chi connectivity index (χ3n) is 5.71. The number of nitrogens with zero attached hydrogens (tertiary/aromatic N) is 2. The number of carbonyl (C=O) groups excluding carboxylic acids is 1. The van der Waals surface area contributed by atoms with Gasteiger partial charge in [-0.05, 0) is 69.2 Å². The fourth-order valence-electron chi connectivity index (χ4n) is 3.94. The number of carbonyl (C=O) groups is 1. The minimum Gasteiger partial charge on any atom is -0.380 e. The molecule has 0 aliphatic rings. The molecule has 1 heterocycles. The highest BCUT2D eigenvalue weighted by atomic mass is 32.2. The highest BCUT2D eigenvalue weighted by Gasteiger charge is 2.19. The number of rotatable bonds is 8. The summed E-state index contributed by atoms with van der Waals surface area (Å²) in [5, 5.41) is 0. The monoisotopic (exact) mass is 523 g/mol. The molecule has 1 N–H and O–H groups in total. The van der Waals surface area contributed by atoms with Crippen LogP contribution in [0.2, 0.25) is 0 Å². The number of hydrogen-bond acceptors (Lipinski definition) is 5. The van der Waals surface area contributed by atoms with Gasteiger partial charge in [0.05, 0.1) is 33.0 Å². The van der Waals surface area contributed by atoms with Gasteiger partial charge in [0.15, 0.2) is 4.80 Å². The Labute approximate surface area is 215 Å². The Balaban J connectivity index is 1.75. The van der Waals surface area contributed by atoms with E-state index in [9.17, 15) is 13.2 Å². The van der Waals surface area contributed by atoms with Crippen LogP contribution in [-0.2, 0) is 21.3 Å². The molecule has 0 atom stereocenters. The highest BCUT2D eigenvalue weighted by molar-refractivity contribution is 7.92. The van der Waals surface area contributed by atoms with Crippen molar-refractivity contribution in [2.24, 2.45) is 4.99 Å². The Hall–Kier alpha value is -3.27. The highest BCUT2D eigenvalue weighted by Crippen LogP contribution is 2.25. The molecule has 3 aromatic carbocycles. The van der Waals surface area contributed by atoms with Gasteiger partial charge in [-0.3, -0.25) is 9.52 Å². The summed E-state index contributed by atoms with van der Waals surface area (Å²) in [6.45, 7) is 9.54. The van der Waals surface area contributed by atoms with Crippen molar-refractivity contribution in [3.05, 3.63) is 87.7 Å². The Morgan fingerprint density at radius 1 is 1.03 bits per heavy atom. The van der Waals surface area contributed by atoms with Crippen molar-refractivity contribution in [3.63, 3.8) is 0 Å². The molecule has 0 saturated heterocycles. The van der Waals surface area contributed by atoms with E-state index in [2.05, 4.69) is 21.8 Å². The van der Waals surface area contributed by atoms with Crippen LogP contribution >= 0.6 is 11.3 Å². The van der Waals surface area contributed by atoms with Crippen LogP contribution < -0.4 is 9.52 Å². The molecular formula is C27H29N3O4S2. The van der Waals surface area contributed by atoms with Crippen molar-refractivity contribution in [2.45, 2.75) is 39.1 Å². The van der Waals surface area contributed by atoms with Crippen LogP contribution in [0.4, 0.5) is 5.69 Å². The van der Waals surface area contributed by atoms with Crippen LogP contribution in [0.3, 0.4) is 0 Å². The molecule has 7 nitrogen and oxygen atoms in total. The first kappa shape index (κ1) is 25.8. The number of fused-ring (bicyclic) bond motifs is 1. The van der Waals surface area contributed by atoms with E-state index in [1.165, 1.54) is 23.5 Å². The average Bonchev–Trinajstić information content (AvgIpc) is 3.17. The number of para-hydroxylation sites is 1. The fraction of sp³-hybridized carbons (Fsp3) is 0.259. The lowest BCUT2D eigenvalue weighted by atomic mass is 10.1.